The molecule has 5 nitrogen and oxygen atoms in total. The summed E-state index contributed by atoms with van der Waals surface area (Å²) in [6.07, 6.45) is 2.42. The van der Waals surface area contributed by atoms with Crippen LogP contribution < -0.4 is 0 Å². The van der Waals surface area contributed by atoms with Crippen LogP contribution in [0.25, 0.3) is 0 Å². The lowest BCUT2D eigenvalue weighted by Gasteiger charge is -2.17. The van der Waals surface area contributed by atoms with Crippen molar-refractivity contribution in [2.75, 3.05) is 6.54 Å². The number of carbonyl (C=O) groups excluding carboxylic acids is 2. The highest BCUT2D eigenvalue weighted by atomic mass is 16.4. The summed E-state index contributed by atoms with van der Waals surface area (Å²) in [7, 11) is 0. The topological polar surface area (TPSA) is 74.7 Å². The Morgan fingerprint density at radius 1 is 1.29 bits per heavy atom. The van der Waals surface area contributed by atoms with E-state index in [0.717, 1.165) is 6.42 Å². The highest BCUT2D eigenvalue weighted by Crippen LogP contribution is 2.31. The molecule has 1 heterocycles. The first-order valence-electron chi connectivity index (χ1n) is 5.91. The van der Waals surface area contributed by atoms with E-state index in [1.807, 2.05) is 0 Å². The first-order valence-corrected chi connectivity index (χ1v) is 5.91. The Morgan fingerprint density at radius 3 is 2.41 bits per heavy atom. The van der Waals surface area contributed by atoms with E-state index in [1.54, 1.807) is 13.8 Å². The fourth-order valence-corrected chi connectivity index (χ4v) is 1.98. The molecule has 0 saturated carbocycles. The van der Waals surface area contributed by atoms with Crippen molar-refractivity contribution in [3.05, 3.63) is 0 Å². The minimum absolute atomic E-state index is 0.110. The van der Waals surface area contributed by atoms with Gasteiger partial charge in [0, 0.05) is 19.4 Å². The molecular formula is C12H19NO4. The number of aliphatic carboxylic acids is 1. The Balaban J connectivity index is 2.30. The third-order valence-electron chi connectivity index (χ3n) is 2.99. The smallest absolute Gasteiger partial charge is 0.303 e. The minimum atomic E-state index is -0.806. The molecule has 5 heteroatoms. The zero-order valence-electron chi connectivity index (χ0n) is 10.4. The summed E-state index contributed by atoms with van der Waals surface area (Å²) in [6.45, 7) is 3.97. The van der Waals surface area contributed by atoms with Crippen molar-refractivity contribution in [3.63, 3.8) is 0 Å². The summed E-state index contributed by atoms with van der Waals surface area (Å²) >= 11 is 0. The molecule has 0 aromatic carbocycles. The Bertz CT molecular complexity index is 335. The number of hydrogen-bond acceptors (Lipinski definition) is 3. The van der Waals surface area contributed by atoms with Crippen molar-refractivity contribution in [1.29, 1.82) is 0 Å². The van der Waals surface area contributed by atoms with E-state index in [1.165, 1.54) is 4.90 Å². The minimum Gasteiger partial charge on any atom is -0.481 e. The van der Waals surface area contributed by atoms with E-state index < -0.39 is 11.4 Å². The average molecular weight is 241 g/mol. The molecule has 96 valence electrons. The van der Waals surface area contributed by atoms with Gasteiger partial charge < -0.3 is 5.11 Å². The fourth-order valence-electron chi connectivity index (χ4n) is 1.98. The Hall–Kier alpha value is -1.39. The molecule has 0 spiro atoms. The molecule has 0 radical (unpaired) electrons. The predicted molar refractivity (Wildman–Crippen MR) is 61.2 cm³/mol. The first kappa shape index (κ1) is 13.7. The lowest BCUT2D eigenvalue weighted by Crippen LogP contribution is -2.33. The van der Waals surface area contributed by atoms with Crippen LogP contribution in [0.2, 0.25) is 0 Å². The van der Waals surface area contributed by atoms with Crippen molar-refractivity contribution in [2.24, 2.45) is 5.41 Å². The van der Waals surface area contributed by atoms with Crippen LogP contribution in [0.4, 0.5) is 0 Å². The van der Waals surface area contributed by atoms with Gasteiger partial charge in [-0.25, -0.2) is 0 Å². The van der Waals surface area contributed by atoms with Crippen LogP contribution in [0.5, 0.6) is 0 Å². The van der Waals surface area contributed by atoms with Crippen molar-refractivity contribution >= 4 is 17.8 Å². The van der Waals surface area contributed by atoms with Gasteiger partial charge >= 0.3 is 5.97 Å². The number of likely N-dealkylation sites (tertiary alicyclic amines) is 1. The van der Waals surface area contributed by atoms with Crippen molar-refractivity contribution in [3.8, 4) is 0 Å². The summed E-state index contributed by atoms with van der Waals surface area (Å²) in [5.41, 5.74) is -0.571. The molecule has 0 bridgehead atoms. The number of nitrogens with zero attached hydrogens (tertiary/aromatic N) is 1. The van der Waals surface area contributed by atoms with Crippen LogP contribution in [0.3, 0.4) is 0 Å². The van der Waals surface area contributed by atoms with Crippen LogP contribution in [0.1, 0.15) is 46.0 Å². The van der Waals surface area contributed by atoms with Gasteiger partial charge in [-0.2, -0.15) is 0 Å². The maximum Gasteiger partial charge on any atom is 0.303 e. The Kier molecular flexibility index (Phi) is 4.26. The summed E-state index contributed by atoms with van der Waals surface area (Å²) < 4.78 is 0. The molecule has 0 atom stereocenters. The van der Waals surface area contributed by atoms with Crippen molar-refractivity contribution in [2.45, 2.75) is 46.0 Å². The van der Waals surface area contributed by atoms with E-state index in [0.29, 0.717) is 19.4 Å². The summed E-state index contributed by atoms with van der Waals surface area (Å²) in [4.78, 5) is 35.0. The summed E-state index contributed by atoms with van der Waals surface area (Å²) in [6, 6.07) is 0. The molecular weight excluding hydrogens is 222 g/mol. The molecule has 1 aliphatic heterocycles. The molecule has 1 N–H and O–H groups in total. The maximum atomic E-state index is 11.8. The number of carboxylic acid groups (broad SMARTS) is 1. The summed E-state index contributed by atoms with van der Waals surface area (Å²) in [5.74, 6) is -1.03. The zero-order valence-corrected chi connectivity index (χ0v) is 10.4. The molecule has 2 amide bonds. The van der Waals surface area contributed by atoms with Gasteiger partial charge in [0.25, 0.3) is 0 Å². The van der Waals surface area contributed by atoms with Crippen LogP contribution in [-0.4, -0.2) is 34.3 Å². The second-order valence-electron chi connectivity index (χ2n) is 5.12. The number of hydrogen-bond donors (Lipinski definition) is 1. The van der Waals surface area contributed by atoms with Gasteiger partial charge in [0.1, 0.15) is 0 Å². The summed E-state index contributed by atoms with van der Waals surface area (Å²) in [5, 5.41) is 8.46. The van der Waals surface area contributed by atoms with E-state index in [9.17, 15) is 14.4 Å². The maximum absolute atomic E-state index is 11.8. The molecule has 0 aromatic rings. The lowest BCUT2D eigenvalue weighted by atomic mass is 9.92. The number of carbonyl (C=O) groups is 3. The van der Waals surface area contributed by atoms with E-state index in [-0.39, 0.29) is 24.7 Å². The van der Waals surface area contributed by atoms with Gasteiger partial charge in [0.15, 0.2) is 0 Å². The normalized spacial score (nSPS) is 18.8. The molecule has 1 rings (SSSR count). The SMILES string of the molecule is CC1(C)CC(=O)N(CCCCCC(=O)O)C1=O. The quantitative estimate of drug-likeness (QED) is 0.563. The van der Waals surface area contributed by atoms with Crippen LogP contribution in [-0.2, 0) is 14.4 Å². The van der Waals surface area contributed by atoms with Gasteiger partial charge in [-0.1, -0.05) is 20.3 Å². The van der Waals surface area contributed by atoms with Gasteiger partial charge in [0.05, 0.1) is 5.41 Å². The molecule has 0 aromatic heterocycles. The number of carboxylic acids is 1. The second kappa shape index (κ2) is 5.29. The largest absolute Gasteiger partial charge is 0.481 e. The van der Waals surface area contributed by atoms with E-state index >= 15 is 0 Å². The van der Waals surface area contributed by atoms with Crippen LogP contribution in [0.15, 0.2) is 0 Å². The number of amides is 2. The molecule has 0 unspecified atom stereocenters. The van der Waals surface area contributed by atoms with Gasteiger partial charge in [-0.3, -0.25) is 19.3 Å². The molecule has 1 fully saturated rings. The van der Waals surface area contributed by atoms with E-state index in [2.05, 4.69) is 0 Å². The molecule has 0 aliphatic carbocycles. The number of unbranched alkanes of at least 4 members (excludes halogenated alkanes) is 2. The molecule has 17 heavy (non-hydrogen) atoms. The van der Waals surface area contributed by atoms with Crippen molar-refractivity contribution in [1.82, 2.24) is 4.90 Å². The Morgan fingerprint density at radius 2 is 1.94 bits per heavy atom. The monoisotopic (exact) mass is 241 g/mol. The highest BCUT2D eigenvalue weighted by molar-refractivity contribution is 6.05. The molecule has 1 aliphatic rings. The van der Waals surface area contributed by atoms with Gasteiger partial charge in [-0.05, 0) is 12.8 Å². The second-order valence-corrected chi connectivity index (χ2v) is 5.12. The third kappa shape index (κ3) is 3.54. The zero-order chi connectivity index (χ0) is 13.1. The van der Waals surface area contributed by atoms with Crippen molar-refractivity contribution < 1.29 is 19.5 Å². The Labute approximate surface area is 101 Å². The fraction of sp³-hybridized carbons (Fsp3) is 0.750. The highest BCUT2D eigenvalue weighted by Gasteiger charge is 2.44. The number of imide groups is 1. The molecule has 1 saturated heterocycles. The van der Waals surface area contributed by atoms with Gasteiger partial charge in [0.2, 0.25) is 11.8 Å². The van der Waals surface area contributed by atoms with E-state index in [4.69, 9.17) is 5.11 Å². The van der Waals surface area contributed by atoms with Gasteiger partial charge in [-0.15, -0.1) is 0 Å². The predicted octanol–water partition coefficient (Wildman–Crippen LogP) is 1.42. The number of rotatable bonds is 6. The van der Waals surface area contributed by atoms with Crippen LogP contribution in [0, 0.1) is 5.41 Å². The lowest BCUT2D eigenvalue weighted by molar-refractivity contribution is -0.141. The van der Waals surface area contributed by atoms with Crippen LogP contribution >= 0.6 is 0 Å². The first-order chi connectivity index (χ1) is 7.84. The average Bonchev–Trinajstić information content (AvgIpc) is 2.38. The standard InChI is InChI=1S/C12H19NO4/c1-12(2)8-9(14)13(11(12)17)7-5-3-4-6-10(15)16/h3-8H2,1-2H3,(H,15,16). The third-order valence-corrected chi connectivity index (χ3v) is 2.99.